The van der Waals surface area contributed by atoms with E-state index in [0.717, 1.165) is 0 Å². The van der Waals surface area contributed by atoms with Crippen LogP contribution in [0.3, 0.4) is 0 Å². The zero-order valence-electron chi connectivity index (χ0n) is 3.80. The molecule has 6 heavy (non-hydrogen) atoms. The van der Waals surface area contributed by atoms with E-state index >= 15 is 0 Å². The fourth-order valence-electron chi connectivity index (χ4n) is 0.136. The SMILES string of the molecule is CS/C=[S-](/C)=O. The van der Waals surface area contributed by atoms with E-state index in [-0.39, 0.29) is 0 Å². The van der Waals surface area contributed by atoms with Gasteiger partial charge in [-0.05, 0) is 6.26 Å². The van der Waals surface area contributed by atoms with E-state index in [1.807, 2.05) is 6.26 Å². The van der Waals surface area contributed by atoms with Crippen LogP contribution < -0.4 is 0 Å². The molecule has 0 aliphatic carbocycles. The van der Waals surface area contributed by atoms with Gasteiger partial charge >= 0.3 is 0 Å². The van der Waals surface area contributed by atoms with Crippen LogP contribution in [-0.2, 0) is 14.6 Å². The summed E-state index contributed by atoms with van der Waals surface area (Å²) >= 11 is 1.48. The maximum atomic E-state index is 10.1. The maximum absolute atomic E-state index is 10.1. The van der Waals surface area contributed by atoms with Gasteiger partial charge in [-0.1, -0.05) is 0 Å². The van der Waals surface area contributed by atoms with E-state index < -0.39 is 10.4 Å². The Morgan fingerprint density at radius 1 is 1.83 bits per heavy atom. The first-order chi connectivity index (χ1) is 2.77. The third-order valence-electron chi connectivity index (χ3n) is 0.232. The lowest BCUT2D eigenvalue weighted by atomic mass is 11.9. The van der Waals surface area contributed by atoms with Crippen LogP contribution in [0.25, 0.3) is 0 Å². The van der Waals surface area contributed by atoms with Crippen LogP contribution in [0.4, 0.5) is 0 Å². The third kappa shape index (κ3) is 4.37. The maximum Gasteiger partial charge on any atom is -0.0163 e. The van der Waals surface area contributed by atoms with Crippen LogP contribution in [0.1, 0.15) is 0 Å². The highest BCUT2D eigenvalue weighted by molar-refractivity contribution is 8.20. The molecule has 0 saturated heterocycles. The van der Waals surface area contributed by atoms with Gasteiger partial charge in [-0.15, -0.1) is 11.0 Å². The van der Waals surface area contributed by atoms with Crippen molar-refractivity contribution in [3.63, 3.8) is 0 Å². The summed E-state index contributed by atoms with van der Waals surface area (Å²) in [6.45, 7) is 0. The predicted octanol–water partition coefficient (Wildman–Crippen LogP) is 0.703. The first-order valence-electron chi connectivity index (χ1n) is 1.45. The number of hydrogen-bond donors (Lipinski definition) is 0. The van der Waals surface area contributed by atoms with Gasteiger partial charge in [-0.3, -0.25) is 10.4 Å². The van der Waals surface area contributed by atoms with Crippen molar-refractivity contribution >= 4 is 26.9 Å². The third-order valence-corrected chi connectivity index (χ3v) is 2.09. The fourth-order valence-corrected chi connectivity index (χ4v) is 1.22. The molecule has 0 rings (SSSR count). The van der Waals surface area contributed by atoms with Crippen molar-refractivity contribution in [2.24, 2.45) is 0 Å². The second-order valence-corrected chi connectivity index (χ2v) is 3.07. The average Bonchev–Trinajstić information content (AvgIpc) is 1.35. The van der Waals surface area contributed by atoms with Crippen LogP contribution in [0, 0.1) is 0 Å². The molecule has 38 valence electrons. The van der Waals surface area contributed by atoms with Gasteiger partial charge in [0.15, 0.2) is 0 Å². The minimum absolute atomic E-state index is 0.728. The molecule has 0 atom stereocenters. The average molecular weight is 123 g/mol. The Hall–Kier alpha value is 0.370. The molecule has 0 aromatic heterocycles. The van der Waals surface area contributed by atoms with Crippen molar-refractivity contribution < 1.29 is 4.21 Å². The largest absolute Gasteiger partial charge is 0.461 e. The lowest BCUT2D eigenvalue weighted by Crippen LogP contribution is -1.66. The Bertz CT molecular complexity index is 91.0. The van der Waals surface area contributed by atoms with Gasteiger partial charge in [0.25, 0.3) is 0 Å². The second-order valence-electron chi connectivity index (χ2n) is 0.831. The zero-order valence-corrected chi connectivity index (χ0v) is 5.44. The highest BCUT2D eigenvalue weighted by Gasteiger charge is 1.48. The van der Waals surface area contributed by atoms with Gasteiger partial charge in [0.1, 0.15) is 0 Å². The van der Waals surface area contributed by atoms with Crippen LogP contribution in [0.5, 0.6) is 0 Å². The molecule has 0 heterocycles. The molecular weight excluding hydrogens is 116 g/mol. The standard InChI is InChI=1S/C3H7OS2/c1-5-3-6(2)4/h3H,1-2H3/q-1. The van der Waals surface area contributed by atoms with Crippen LogP contribution in [0.15, 0.2) is 0 Å². The van der Waals surface area contributed by atoms with Crippen LogP contribution in [-0.4, -0.2) is 17.2 Å². The number of hydrogen-bond acceptors (Lipinski definition) is 3. The Balaban J connectivity index is 3.43. The van der Waals surface area contributed by atoms with E-state index in [4.69, 9.17) is 0 Å². The van der Waals surface area contributed by atoms with Crippen molar-refractivity contribution in [3.8, 4) is 0 Å². The molecule has 0 aliphatic heterocycles. The van der Waals surface area contributed by atoms with E-state index in [1.54, 1.807) is 11.0 Å². The summed E-state index contributed by atoms with van der Waals surface area (Å²) in [5, 5.41) is 0. The molecule has 1 nitrogen and oxygen atoms in total. The van der Waals surface area contributed by atoms with E-state index in [1.165, 1.54) is 11.8 Å². The topological polar surface area (TPSA) is 17.1 Å². The summed E-state index contributed by atoms with van der Waals surface area (Å²) in [5.74, 6) is 0. The molecule has 3 heteroatoms. The van der Waals surface area contributed by atoms with Gasteiger partial charge in [0, 0.05) is 0 Å². The fraction of sp³-hybridized carbons (Fsp3) is 0.667. The summed E-state index contributed by atoms with van der Waals surface area (Å²) in [6, 6.07) is 0. The van der Waals surface area contributed by atoms with E-state index in [0.29, 0.717) is 0 Å². The summed E-state index contributed by atoms with van der Waals surface area (Å²) in [6.07, 6.45) is 3.54. The molecule has 0 amide bonds. The van der Waals surface area contributed by atoms with Gasteiger partial charge < -0.3 is 4.21 Å². The van der Waals surface area contributed by atoms with Crippen molar-refractivity contribution in [1.29, 1.82) is 0 Å². The monoisotopic (exact) mass is 123 g/mol. The summed E-state index contributed by atoms with van der Waals surface area (Å²) in [5.41, 5.74) is 0. The highest BCUT2D eigenvalue weighted by atomic mass is 32.2. The first-order valence-corrected chi connectivity index (χ1v) is 4.36. The molecule has 0 saturated carbocycles. The second kappa shape index (κ2) is 3.56. The minimum Gasteiger partial charge on any atom is -0.461 e. The van der Waals surface area contributed by atoms with Crippen molar-refractivity contribution in [2.45, 2.75) is 0 Å². The molecule has 0 unspecified atom stereocenters. The molecule has 0 aromatic rings. The van der Waals surface area contributed by atoms with E-state index in [9.17, 15) is 4.21 Å². The lowest BCUT2D eigenvalue weighted by Gasteiger charge is -1.83. The van der Waals surface area contributed by atoms with Gasteiger partial charge in [-0.2, -0.15) is 11.8 Å². The number of rotatable bonds is 1. The van der Waals surface area contributed by atoms with Gasteiger partial charge in [0.05, 0.1) is 0 Å². The highest BCUT2D eigenvalue weighted by Crippen LogP contribution is 1.79. The lowest BCUT2D eigenvalue weighted by molar-refractivity contribution is 0.606. The molecule has 0 aliphatic rings. The molecular formula is C3H7OS2-. The summed E-state index contributed by atoms with van der Waals surface area (Å²) in [4.78, 5) is 0. The number of thioether (sulfide) groups is 1. The first kappa shape index (κ1) is 6.37. The predicted molar refractivity (Wildman–Crippen MR) is 33.6 cm³/mol. The molecule has 0 fully saturated rings. The zero-order chi connectivity index (χ0) is 4.99. The molecule has 0 N–H and O–H groups in total. The Morgan fingerprint density at radius 3 is 2.33 bits per heavy atom. The van der Waals surface area contributed by atoms with Crippen molar-refractivity contribution in [2.75, 3.05) is 12.5 Å². The van der Waals surface area contributed by atoms with Gasteiger partial charge in [0.2, 0.25) is 0 Å². The summed E-state index contributed by atoms with van der Waals surface area (Å²) < 4.78 is 11.8. The smallest absolute Gasteiger partial charge is 0.0163 e. The molecule has 0 spiro atoms. The Kier molecular flexibility index (Phi) is 3.78. The van der Waals surface area contributed by atoms with Crippen LogP contribution >= 0.6 is 11.8 Å². The minimum atomic E-state index is -0.728. The normalized spacial score (nSPS) is 15.0. The molecule has 0 bridgehead atoms. The van der Waals surface area contributed by atoms with Crippen LogP contribution in [0.2, 0.25) is 0 Å². The Labute approximate surface area is 44.2 Å². The Morgan fingerprint density at radius 2 is 2.33 bits per heavy atom. The van der Waals surface area contributed by atoms with Crippen molar-refractivity contribution in [3.05, 3.63) is 0 Å². The molecule has 0 radical (unpaired) electrons. The molecule has 0 aromatic carbocycles. The summed E-state index contributed by atoms with van der Waals surface area (Å²) in [7, 11) is -0.728. The van der Waals surface area contributed by atoms with E-state index in [2.05, 4.69) is 0 Å². The quantitative estimate of drug-likeness (QED) is 0.377. The van der Waals surface area contributed by atoms with Crippen molar-refractivity contribution in [1.82, 2.24) is 0 Å². The van der Waals surface area contributed by atoms with Gasteiger partial charge in [-0.25, -0.2) is 0 Å².